The van der Waals surface area contributed by atoms with Crippen molar-refractivity contribution in [2.75, 3.05) is 31.1 Å². The summed E-state index contributed by atoms with van der Waals surface area (Å²) < 4.78 is 38.4. The Bertz CT molecular complexity index is 1020. The van der Waals surface area contributed by atoms with Gasteiger partial charge in [0, 0.05) is 75.6 Å². The lowest BCUT2D eigenvalue weighted by Gasteiger charge is -2.59. The van der Waals surface area contributed by atoms with Gasteiger partial charge in [0.15, 0.2) is 0 Å². The van der Waals surface area contributed by atoms with Crippen molar-refractivity contribution in [1.82, 2.24) is 30.1 Å². The Hall–Kier alpha value is -2.95. The van der Waals surface area contributed by atoms with Gasteiger partial charge in [-0.15, -0.1) is 0 Å². The Balaban J connectivity index is 1.09. The summed E-state index contributed by atoms with van der Waals surface area (Å²) in [6, 6.07) is 3.89. The maximum absolute atomic E-state index is 13.1. The zero-order valence-corrected chi connectivity index (χ0v) is 19.9. The summed E-state index contributed by atoms with van der Waals surface area (Å²) in [5, 5.41) is 3.20. The van der Waals surface area contributed by atoms with Crippen LogP contribution in [0.5, 0.6) is 0 Å². The summed E-state index contributed by atoms with van der Waals surface area (Å²) in [5.74, 6) is 0.249. The summed E-state index contributed by atoms with van der Waals surface area (Å²) in [6.45, 7) is 7.81. The van der Waals surface area contributed by atoms with Crippen molar-refractivity contribution < 1.29 is 18.0 Å². The number of pyridine rings is 1. The quantitative estimate of drug-likeness (QED) is 0.711. The third-order valence-electron chi connectivity index (χ3n) is 7.34. The number of likely N-dealkylation sites (tertiary alicyclic amines) is 1. The molecule has 5 rings (SSSR count). The number of halogens is 3. The third kappa shape index (κ3) is 4.91. The molecule has 2 aromatic rings. The van der Waals surface area contributed by atoms with Gasteiger partial charge in [0.25, 0.3) is 0 Å². The predicted octanol–water partition coefficient (Wildman–Crippen LogP) is 3.16. The van der Waals surface area contributed by atoms with Gasteiger partial charge in [-0.05, 0) is 43.7 Å². The summed E-state index contributed by atoms with van der Waals surface area (Å²) in [6.07, 6.45) is 2.82. The second-order valence-electron chi connectivity index (χ2n) is 10.3. The molecule has 1 saturated carbocycles. The zero-order chi connectivity index (χ0) is 24.8. The summed E-state index contributed by atoms with van der Waals surface area (Å²) >= 11 is 0. The molecule has 8 nitrogen and oxygen atoms in total. The molecule has 2 saturated heterocycles. The van der Waals surface area contributed by atoms with Crippen molar-refractivity contribution in [3.63, 3.8) is 0 Å². The van der Waals surface area contributed by atoms with Crippen LogP contribution in [0.4, 0.5) is 23.9 Å². The van der Waals surface area contributed by atoms with Crippen molar-refractivity contribution in [2.24, 2.45) is 5.41 Å². The summed E-state index contributed by atoms with van der Waals surface area (Å²) in [4.78, 5) is 31.1. The van der Waals surface area contributed by atoms with Gasteiger partial charge in [0.1, 0.15) is 0 Å². The molecule has 3 aliphatic rings. The Morgan fingerprint density at radius 2 is 1.77 bits per heavy atom. The van der Waals surface area contributed by atoms with Crippen LogP contribution in [-0.2, 0) is 12.7 Å². The molecule has 2 aromatic heterocycles. The molecule has 1 N–H and O–H groups in total. The number of rotatable bonds is 4. The van der Waals surface area contributed by atoms with Crippen LogP contribution in [0.3, 0.4) is 0 Å². The Morgan fingerprint density at radius 1 is 1.11 bits per heavy atom. The molecule has 188 valence electrons. The molecule has 4 heterocycles. The van der Waals surface area contributed by atoms with Crippen LogP contribution in [-0.4, -0.2) is 75.1 Å². The lowest BCUT2D eigenvalue weighted by Crippen LogP contribution is -2.68. The number of urea groups is 1. The Kier molecular flexibility index (Phi) is 6.06. The monoisotopic (exact) mass is 489 g/mol. The molecule has 2 amide bonds. The van der Waals surface area contributed by atoms with E-state index in [2.05, 4.69) is 31.2 Å². The van der Waals surface area contributed by atoms with E-state index in [-0.39, 0.29) is 30.1 Å². The summed E-state index contributed by atoms with van der Waals surface area (Å²) in [7, 11) is 0. The first-order valence-corrected chi connectivity index (χ1v) is 12.0. The highest BCUT2D eigenvalue weighted by atomic mass is 19.4. The fourth-order valence-electron chi connectivity index (χ4n) is 5.88. The number of alkyl halides is 3. The SMILES string of the molecule is C[C@@H]1CN(c2ncc(C(F)(F)F)cn2)C[C@H](C)N1C(=O)NC1CC2(C1)CN(Cc1cccnc1)C2. The van der Waals surface area contributed by atoms with E-state index < -0.39 is 11.7 Å². The number of nitrogens with one attached hydrogen (secondary N) is 1. The van der Waals surface area contributed by atoms with E-state index in [0.29, 0.717) is 18.5 Å². The van der Waals surface area contributed by atoms with Gasteiger partial charge in [0.2, 0.25) is 5.95 Å². The standard InChI is InChI=1S/C24H30F3N7O/c1-16-11-33(21-29-9-19(10-30-21)24(25,26)27)12-17(2)34(16)22(35)31-20-6-23(7-20)14-32(15-23)13-18-4-3-5-28-8-18/h3-5,8-10,16-17,20H,6-7,11-15H2,1-2H3,(H,31,35)/t16-,17+. The van der Waals surface area contributed by atoms with Crippen LogP contribution in [0.1, 0.15) is 37.8 Å². The van der Waals surface area contributed by atoms with E-state index in [4.69, 9.17) is 0 Å². The Morgan fingerprint density at radius 3 is 2.34 bits per heavy atom. The molecular weight excluding hydrogens is 459 g/mol. The number of aromatic nitrogens is 3. The van der Waals surface area contributed by atoms with Gasteiger partial charge in [-0.25, -0.2) is 14.8 Å². The number of amides is 2. The van der Waals surface area contributed by atoms with Gasteiger partial charge < -0.3 is 15.1 Å². The number of hydrogen-bond donors (Lipinski definition) is 1. The number of nitrogens with zero attached hydrogens (tertiary/aromatic N) is 6. The highest BCUT2D eigenvalue weighted by molar-refractivity contribution is 5.76. The lowest BCUT2D eigenvalue weighted by molar-refractivity contribution is -0.138. The highest BCUT2D eigenvalue weighted by Crippen LogP contribution is 2.48. The number of hydrogen-bond acceptors (Lipinski definition) is 6. The van der Waals surface area contributed by atoms with Crippen LogP contribution in [0.2, 0.25) is 0 Å². The molecular formula is C24H30F3N7O. The fourth-order valence-corrected chi connectivity index (χ4v) is 5.88. The van der Waals surface area contributed by atoms with Crippen LogP contribution in [0.25, 0.3) is 0 Å². The van der Waals surface area contributed by atoms with Gasteiger partial charge in [-0.1, -0.05) is 6.07 Å². The normalized spacial score (nSPS) is 24.7. The van der Waals surface area contributed by atoms with Crippen molar-refractivity contribution >= 4 is 12.0 Å². The minimum atomic E-state index is -4.47. The van der Waals surface area contributed by atoms with Crippen molar-refractivity contribution in [3.05, 3.63) is 48.0 Å². The van der Waals surface area contributed by atoms with Crippen molar-refractivity contribution in [1.29, 1.82) is 0 Å². The maximum atomic E-state index is 13.1. The molecule has 11 heteroatoms. The molecule has 1 aliphatic carbocycles. The largest absolute Gasteiger partial charge is 0.419 e. The van der Waals surface area contributed by atoms with Crippen LogP contribution in [0, 0.1) is 5.41 Å². The van der Waals surface area contributed by atoms with E-state index >= 15 is 0 Å². The van der Waals surface area contributed by atoms with Gasteiger partial charge in [0.05, 0.1) is 5.56 Å². The number of anilines is 1. The Labute approximate surface area is 202 Å². The maximum Gasteiger partial charge on any atom is 0.419 e. The molecule has 1 spiro atoms. The van der Waals surface area contributed by atoms with Crippen molar-refractivity contribution in [2.45, 2.75) is 57.5 Å². The van der Waals surface area contributed by atoms with Gasteiger partial charge in [-0.3, -0.25) is 9.88 Å². The first-order chi connectivity index (χ1) is 16.6. The summed E-state index contributed by atoms with van der Waals surface area (Å²) in [5.41, 5.74) is 0.663. The van der Waals surface area contributed by atoms with E-state index in [1.807, 2.05) is 35.9 Å². The van der Waals surface area contributed by atoms with Crippen LogP contribution >= 0.6 is 0 Å². The minimum absolute atomic E-state index is 0.0793. The molecule has 2 atom stereocenters. The number of piperazine rings is 1. The average molecular weight is 490 g/mol. The zero-order valence-electron chi connectivity index (χ0n) is 19.9. The molecule has 0 radical (unpaired) electrons. The molecule has 2 aliphatic heterocycles. The topological polar surface area (TPSA) is 77.5 Å². The van der Waals surface area contributed by atoms with Crippen molar-refractivity contribution in [3.8, 4) is 0 Å². The molecule has 0 bridgehead atoms. The predicted molar refractivity (Wildman–Crippen MR) is 124 cm³/mol. The van der Waals surface area contributed by atoms with E-state index in [1.165, 1.54) is 5.56 Å². The highest BCUT2D eigenvalue weighted by Gasteiger charge is 2.52. The molecule has 35 heavy (non-hydrogen) atoms. The van der Waals surface area contributed by atoms with E-state index in [0.717, 1.165) is 44.9 Å². The van der Waals surface area contributed by atoms with Gasteiger partial charge in [-0.2, -0.15) is 13.2 Å². The molecule has 0 unspecified atom stereocenters. The first kappa shape index (κ1) is 23.8. The second kappa shape index (κ2) is 8.92. The van der Waals surface area contributed by atoms with E-state index in [1.54, 1.807) is 6.20 Å². The smallest absolute Gasteiger partial charge is 0.337 e. The van der Waals surface area contributed by atoms with Crippen LogP contribution in [0.15, 0.2) is 36.9 Å². The number of carbonyl (C=O) groups excluding carboxylic acids is 1. The third-order valence-corrected chi connectivity index (χ3v) is 7.34. The van der Waals surface area contributed by atoms with E-state index in [9.17, 15) is 18.0 Å². The van der Waals surface area contributed by atoms with Crippen LogP contribution < -0.4 is 10.2 Å². The van der Waals surface area contributed by atoms with Gasteiger partial charge >= 0.3 is 12.2 Å². The molecule has 3 fully saturated rings. The minimum Gasteiger partial charge on any atom is -0.337 e. The second-order valence-corrected chi connectivity index (χ2v) is 10.3. The first-order valence-electron chi connectivity index (χ1n) is 12.0. The molecule has 0 aromatic carbocycles. The lowest BCUT2D eigenvalue weighted by atomic mass is 9.60. The number of carbonyl (C=O) groups is 1. The average Bonchev–Trinajstić information content (AvgIpc) is 2.76. The fraction of sp³-hybridized carbons (Fsp3) is 0.583.